The highest BCUT2D eigenvalue weighted by Gasteiger charge is 2.30. The molecule has 2 unspecified atom stereocenters. The van der Waals surface area contributed by atoms with Crippen molar-refractivity contribution in [2.75, 3.05) is 6.54 Å². The third-order valence-electron chi connectivity index (χ3n) is 4.92. The zero-order valence-electron chi connectivity index (χ0n) is 14.5. The first kappa shape index (κ1) is 18.6. The molecule has 1 aliphatic rings. The van der Waals surface area contributed by atoms with Gasteiger partial charge in [0.1, 0.15) is 0 Å². The third-order valence-corrected chi connectivity index (χ3v) is 5.89. The van der Waals surface area contributed by atoms with E-state index in [-0.39, 0.29) is 23.9 Å². The average Bonchev–Trinajstić information content (AvgIpc) is 3.31. The Kier molecular flexibility index (Phi) is 6.06. The zero-order valence-corrected chi connectivity index (χ0v) is 15.3. The fraction of sp³-hybridized carbons (Fsp3) is 0.400. The lowest BCUT2D eigenvalue weighted by Crippen LogP contribution is -2.36. The van der Waals surface area contributed by atoms with Gasteiger partial charge in [-0.2, -0.15) is 0 Å². The second-order valence-corrected chi connectivity index (χ2v) is 7.59. The SMILES string of the molecule is O=C(O)c1ccccc1CCC(=O)N1CCCC1CC(O)c1cccs1. The van der Waals surface area contributed by atoms with Crippen LogP contribution in [-0.2, 0) is 11.2 Å². The van der Waals surface area contributed by atoms with E-state index < -0.39 is 12.1 Å². The van der Waals surface area contributed by atoms with E-state index in [1.54, 1.807) is 24.3 Å². The summed E-state index contributed by atoms with van der Waals surface area (Å²) in [7, 11) is 0. The maximum absolute atomic E-state index is 12.7. The molecule has 0 radical (unpaired) electrons. The van der Waals surface area contributed by atoms with Crippen LogP contribution in [0.15, 0.2) is 41.8 Å². The molecular formula is C20H23NO4S. The minimum Gasteiger partial charge on any atom is -0.478 e. The van der Waals surface area contributed by atoms with E-state index in [2.05, 4.69) is 0 Å². The molecule has 0 saturated carbocycles. The van der Waals surface area contributed by atoms with Crippen LogP contribution in [0.25, 0.3) is 0 Å². The van der Waals surface area contributed by atoms with Crippen molar-refractivity contribution in [3.8, 4) is 0 Å². The molecule has 138 valence electrons. The number of carbonyl (C=O) groups is 2. The van der Waals surface area contributed by atoms with Crippen LogP contribution >= 0.6 is 11.3 Å². The fourth-order valence-electron chi connectivity index (χ4n) is 3.60. The number of hydrogen-bond acceptors (Lipinski definition) is 4. The molecule has 6 heteroatoms. The number of carbonyl (C=O) groups excluding carboxylic acids is 1. The van der Waals surface area contributed by atoms with Gasteiger partial charge in [-0.3, -0.25) is 4.79 Å². The maximum Gasteiger partial charge on any atom is 0.335 e. The smallest absolute Gasteiger partial charge is 0.335 e. The molecule has 2 aromatic rings. The lowest BCUT2D eigenvalue weighted by atomic mass is 10.0. The summed E-state index contributed by atoms with van der Waals surface area (Å²) in [5.74, 6) is -0.933. The lowest BCUT2D eigenvalue weighted by molar-refractivity contribution is -0.132. The van der Waals surface area contributed by atoms with Crippen LogP contribution in [-0.4, -0.2) is 39.6 Å². The first-order valence-corrected chi connectivity index (χ1v) is 9.76. The van der Waals surface area contributed by atoms with Crippen LogP contribution in [0.1, 0.15) is 52.6 Å². The molecule has 1 amide bonds. The number of aromatic carboxylic acids is 1. The summed E-state index contributed by atoms with van der Waals surface area (Å²) in [6.45, 7) is 0.710. The number of carboxylic acids is 1. The van der Waals surface area contributed by atoms with Gasteiger partial charge in [-0.25, -0.2) is 4.79 Å². The molecule has 1 aromatic carbocycles. The van der Waals surface area contributed by atoms with E-state index in [1.807, 2.05) is 22.4 Å². The molecule has 0 aliphatic carbocycles. The zero-order chi connectivity index (χ0) is 18.5. The van der Waals surface area contributed by atoms with Crippen LogP contribution in [0, 0.1) is 0 Å². The number of nitrogens with zero attached hydrogens (tertiary/aromatic N) is 1. The Morgan fingerprint density at radius 1 is 1.23 bits per heavy atom. The molecule has 26 heavy (non-hydrogen) atoms. The predicted octanol–water partition coefficient (Wildman–Crippen LogP) is 3.49. The fourth-order valence-corrected chi connectivity index (χ4v) is 4.32. The van der Waals surface area contributed by atoms with E-state index >= 15 is 0 Å². The van der Waals surface area contributed by atoms with E-state index in [4.69, 9.17) is 0 Å². The maximum atomic E-state index is 12.7. The number of carboxylic acid groups (broad SMARTS) is 1. The van der Waals surface area contributed by atoms with Gasteiger partial charge in [0.05, 0.1) is 11.7 Å². The van der Waals surface area contributed by atoms with Gasteiger partial charge in [-0.15, -0.1) is 11.3 Å². The minimum atomic E-state index is -0.967. The van der Waals surface area contributed by atoms with Gasteiger partial charge in [0, 0.05) is 23.9 Å². The Morgan fingerprint density at radius 3 is 2.77 bits per heavy atom. The molecule has 1 fully saturated rings. The molecule has 0 spiro atoms. The molecule has 2 heterocycles. The van der Waals surface area contributed by atoms with Gasteiger partial charge in [0.15, 0.2) is 0 Å². The first-order chi connectivity index (χ1) is 12.6. The van der Waals surface area contributed by atoms with Gasteiger partial charge >= 0.3 is 5.97 Å². The van der Waals surface area contributed by atoms with Crippen molar-refractivity contribution in [2.45, 2.75) is 44.2 Å². The number of aliphatic hydroxyl groups is 1. The van der Waals surface area contributed by atoms with E-state index in [9.17, 15) is 19.8 Å². The number of aliphatic hydroxyl groups excluding tert-OH is 1. The second kappa shape index (κ2) is 8.47. The Morgan fingerprint density at radius 2 is 2.04 bits per heavy atom. The largest absolute Gasteiger partial charge is 0.478 e. The summed E-state index contributed by atoms with van der Waals surface area (Å²) < 4.78 is 0. The van der Waals surface area contributed by atoms with Crippen molar-refractivity contribution >= 4 is 23.2 Å². The number of rotatable bonds is 7. The van der Waals surface area contributed by atoms with E-state index in [0.717, 1.165) is 17.7 Å². The van der Waals surface area contributed by atoms with Crippen molar-refractivity contribution in [2.24, 2.45) is 0 Å². The molecule has 1 saturated heterocycles. The Balaban J connectivity index is 1.59. The number of benzene rings is 1. The quantitative estimate of drug-likeness (QED) is 0.779. The second-order valence-electron chi connectivity index (χ2n) is 6.61. The molecule has 1 aliphatic heterocycles. The first-order valence-electron chi connectivity index (χ1n) is 8.88. The van der Waals surface area contributed by atoms with Gasteiger partial charge < -0.3 is 15.1 Å². The van der Waals surface area contributed by atoms with E-state index in [1.165, 1.54) is 11.3 Å². The van der Waals surface area contributed by atoms with Gasteiger partial charge in [-0.05, 0) is 48.8 Å². The molecule has 0 bridgehead atoms. The molecule has 1 aromatic heterocycles. The molecule has 2 atom stereocenters. The Bertz CT molecular complexity index is 759. The predicted molar refractivity (Wildman–Crippen MR) is 100 cm³/mol. The monoisotopic (exact) mass is 373 g/mol. The molecular weight excluding hydrogens is 350 g/mol. The topological polar surface area (TPSA) is 77.8 Å². The number of thiophene rings is 1. The molecule has 3 rings (SSSR count). The van der Waals surface area contributed by atoms with Crippen LogP contribution in [0.3, 0.4) is 0 Å². The Labute approximate surface area is 156 Å². The van der Waals surface area contributed by atoms with Crippen LogP contribution in [0.2, 0.25) is 0 Å². The normalized spacial score (nSPS) is 18.0. The summed E-state index contributed by atoms with van der Waals surface area (Å²) in [5, 5.41) is 21.6. The summed E-state index contributed by atoms with van der Waals surface area (Å²) in [6, 6.07) is 10.7. The highest BCUT2D eigenvalue weighted by Crippen LogP contribution is 2.30. The summed E-state index contributed by atoms with van der Waals surface area (Å²) >= 11 is 1.53. The van der Waals surface area contributed by atoms with Crippen molar-refractivity contribution in [3.05, 3.63) is 57.8 Å². The Hall–Kier alpha value is -2.18. The van der Waals surface area contributed by atoms with Gasteiger partial charge in [-0.1, -0.05) is 24.3 Å². The van der Waals surface area contributed by atoms with Crippen molar-refractivity contribution in [3.63, 3.8) is 0 Å². The highest BCUT2D eigenvalue weighted by atomic mass is 32.1. The van der Waals surface area contributed by atoms with Crippen molar-refractivity contribution in [1.29, 1.82) is 0 Å². The average molecular weight is 373 g/mol. The van der Waals surface area contributed by atoms with Crippen molar-refractivity contribution < 1.29 is 19.8 Å². The number of amides is 1. The van der Waals surface area contributed by atoms with Gasteiger partial charge in [0.2, 0.25) is 5.91 Å². The number of hydrogen-bond donors (Lipinski definition) is 2. The van der Waals surface area contributed by atoms with Crippen LogP contribution < -0.4 is 0 Å². The standard InChI is InChI=1S/C20H23NO4S/c22-17(18-8-4-12-26-18)13-15-6-3-11-21(15)19(23)10-9-14-5-1-2-7-16(14)20(24)25/h1-2,4-5,7-8,12,15,17,22H,3,6,9-11,13H2,(H,24,25). The summed E-state index contributed by atoms with van der Waals surface area (Å²) in [6.07, 6.45) is 2.56. The number of aryl methyl sites for hydroxylation is 1. The summed E-state index contributed by atoms with van der Waals surface area (Å²) in [4.78, 5) is 26.8. The molecule has 5 nitrogen and oxygen atoms in total. The third kappa shape index (κ3) is 4.31. The van der Waals surface area contributed by atoms with E-state index in [0.29, 0.717) is 24.9 Å². The number of likely N-dealkylation sites (tertiary alicyclic amines) is 1. The summed E-state index contributed by atoms with van der Waals surface area (Å²) in [5.41, 5.74) is 0.939. The highest BCUT2D eigenvalue weighted by molar-refractivity contribution is 7.10. The minimum absolute atomic E-state index is 0.0334. The van der Waals surface area contributed by atoms with Crippen LogP contribution in [0.5, 0.6) is 0 Å². The van der Waals surface area contributed by atoms with Crippen molar-refractivity contribution in [1.82, 2.24) is 4.90 Å². The van der Waals surface area contributed by atoms with Gasteiger partial charge in [0.25, 0.3) is 0 Å². The van der Waals surface area contributed by atoms with Crippen LogP contribution in [0.4, 0.5) is 0 Å². The molecule has 2 N–H and O–H groups in total. The lowest BCUT2D eigenvalue weighted by Gasteiger charge is -2.26.